The molecule has 0 aromatic heterocycles. The Kier molecular flexibility index (Phi) is 4.50. The number of hydrogen-bond donors (Lipinski definition) is 1. The lowest BCUT2D eigenvalue weighted by Crippen LogP contribution is -2.39. The Balaban J connectivity index is 2.50. The van der Waals surface area contributed by atoms with Crippen molar-refractivity contribution in [2.75, 3.05) is 0 Å². The molecule has 110 valence electrons. The van der Waals surface area contributed by atoms with Gasteiger partial charge in [0.15, 0.2) is 5.11 Å². The smallest absolute Gasteiger partial charge is 0.259 e. The Morgan fingerprint density at radius 3 is 2.41 bits per heavy atom. The summed E-state index contributed by atoms with van der Waals surface area (Å²) in [5.74, 6) is -2.73. The molecule has 0 saturated heterocycles. The lowest BCUT2D eigenvalue weighted by Gasteiger charge is -2.24. The number of hydrazone groups is 1. The van der Waals surface area contributed by atoms with Gasteiger partial charge in [0.2, 0.25) is 0 Å². The maximum Gasteiger partial charge on any atom is 0.259 e. The molecule has 2 N–H and O–H groups in total. The summed E-state index contributed by atoms with van der Waals surface area (Å²) in [6, 6.07) is 12.9. The van der Waals surface area contributed by atoms with E-state index < -0.39 is 23.7 Å². The molecule has 0 saturated carbocycles. The predicted molar refractivity (Wildman–Crippen MR) is 84.1 cm³/mol. The van der Waals surface area contributed by atoms with Crippen molar-refractivity contribution in [2.24, 2.45) is 22.7 Å². The van der Waals surface area contributed by atoms with E-state index in [-0.39, 0.29) is 5.11 Å². The minimum atomic E-state index is -0.979. The van der Waals surface area contributed by atoms with Crippen molar-refractivity contribution in [2.45, 2.75) is 12.8 Å². The molecule has 0 radical (unpaired) electrons. The van der Waals surface area contributed by atoms with Gasteiger partial charge in [-0.3, -0.25) is 4.79 Å². The van der Waals surface area contributed by atoms with Crippen LogP contribution in [0.5, 0.6) is 0 Å². The average molecular weight is 311 g/mol. The van der Waals surface area contributed by atoms with Gasteiger partial charge in [-0.15, -0.1) is 0 Å². The van der Waals surface area contributed by atoms with Gasteiger partial charge in [-0.2, -0.15) is 20.6 Å². The molecule has 2 rings (SSSR count). The van der Waals surface area contributed by atoms with Gasteiger partial charge in [0.25, 0.3) is 5.91 Å². The molecule has 1 aromatic carbocycles. The second-order valence-electron chi connectivity index (χ2n) is 4.88. The number of hydrogen-bond acceptors (Lipinski definition) is 5. The Morgan fingerprint density at radius 2 is 1.95 bits per heavy atom. The molecule has 6 nitrogen and oxygen atoms in total. The molecule has 0 fully saturated rings. The third-order valence-corrected chi connectivity index (χ3v) is 3.75. The number of amides is 1. The lowest BCUT2D eigenvalue weighted by atomic mass is 9.76. The fourth-order valence-electron chi connectivity index (χ4n) is 2.59. The van der Waals surface area contributed by atoms with Crippen LogP contribution in [0.2, 0.25) is 0 Å². The Bertz CT molecular complexity index is 702. The standard InChI is InChI=1S/C15H13N5OS/c1-9-12(14(21)20(19-9)15(18)22)13(11(7-16)8-17)10-5-3-2-4-6-10/h2-6,11-13H,1H3,(H2,18,22)/t12-,13-/m1/s1. The number of nitrogens with zero attached hydrogens (tertiary/aromatic N) is 4. The van der Waals surface area contributed by atoms with E-state index in [1.54, 1.807) is 31.2 Å². The quantitative estimate of drug-likeness (QED) is 0.852. The van der Waals surface area contributed by atoms with Gasteiger partial charge >= 0.3 is 0 Å². The highest BCUT2D eigenvalue weighted by Crippen LogP contribution is 2.36. The van der Waals surface area contributed by atoms with Gasteiger partial charge in [0, 0.05) is 11.6 Å². The monoisotopic (exact) mass is 311 g/mol. The zero-order valence-corrected chi connectivity index (χ0v) is 12.6. The normalized spacial score (nSPS) is 18.5. The van der Waals surface area contributed by atoms with E-state index in [2.05, 4.69) is 5.10 Å². The van der Waals surface area contributed by atoms with Crippen LogP contribution in [0.15, 0.2) is 35.4 Å². The second-order valence-corrected chi connectivity index (χ2v) is 5.30. The van der Waals surface area contributed by atoms with Gasteiger partial charge in [-0.25, -0.2) is 0 Å². The predicted octanol–water partition coefficient (Wildman–Crippen LogP) is 1.51. The fourth-order valence-corrected chi connectivity index (χ4v) is 2.72. The van der Waals surface area contributed by atoms with Crippen molar-refractivity contribution in [1.82, 2.24) is 5.01 Å². The van der Waals surface area contributed by atoms with E-state index in [4.69, 9.17) is 18.0 Å². The van der Waals surface area contributed by atoms with Crippen LogP contribution in [-0.4, -0.2) is 21.7 Å². The van der Waals surface area contributed by atoms with Crippen molar-refractivity contribution in [3.05, 3.63) is 35.9 Å². The van der Waals surface area contributed by atoms with Crippen LogP contribution in [0.25, 0.3) is 0 Å². The van der Waals surface area contributed by atoms with Crippen molar-refractivity contribution >= 4 is 28.9 Å². The van der Waals surface area contributed by atoms with Crippen LogP contribution >= 0.6 is 12.2 Å². The molecule has 0 aliphatic carbocycles. The third-order valence-electron chi connectivity index (χ3n) is 3.57. The topological polar surface area (TPSA) is 106 Å². The summed E-state index contributed by atoms with van der Waals surface area (Å²) in [4.78, 5) is 12.5. The molecule has 1 heterocycles. The van der Waals surface area contributed by atoms with Gasteiger partial charge in [-0.05, 0) is 24.7 Å². The molecular weight excluding hydrogens is 298 g/mol. The van der Waals surface area contributed by atoms with E-state index in [9.17, 15) is 15.3 Å². The second kappa shape index (κ2) is 6.33. The average Bonchev–Trinajstić information content (AvgIpc) is 2.81. The maximum atomic E-state index is 12.5. The SMILES string of the molecule is CC1=NN(C(N)=S)C(=O)[C@H]1[C@H](c1ccccc1)C(C#N)C#N. The molecule has 0 bridgehead atoms. The third kappa shape index (κ3) is 2.67. The molecule has 0 spiro atoms. The van der Waals surface area contributed by atoms with Crippen LogP contribution < -0.4 is 5.73 Å². The highest BCUT2D eigenvalue weighted by molar-refractivity contribution is 7.80. The molecule has 2 atom stereocenters. The van der Waals surface area contributed by atoms with E-state index in [0.717, 1.165) is 10.6 Å². The van der Waals surface area contributed by atoms with E-state index in [0.29, 0.717) is 5.71 Å². The van der Waals surface area contributed by atoms with Crippen LogP contribution in [0, 0.1) is 34.5 Å². The Morgan fingerprint density at radius 1 is 1.36 bits per heavy atom. The van der Waals surface area contributed by atoms with Crippen molar-refractivity contribution in [3.63, 3.8) is 0 Å². The molecule has 1 amide bonds. The molecular formula is C15H13N5OS. The summed E-state index contributed by atoms with van der Waals surface area (Å²) in [5.41, 5.74) is 6.71. The number of rotatable bonds is 3. The number of nitriles is 2. The first kappa shape index (κ1) is 15.6. The van der Waals surface area contributed by atoms with Crippen LogP contribution in [-0.2, 0) is 4.79 Å². The van der Waals surface area contributed by atoms with Gasteiger partial charge < -0.3 is 5.73 Å². The number of carbonyl (C=O) groups excluding carboxylic acids is 1. The number of thiocarbonyl (C=S) groups is 1. The zero-order chi connectivity index (χ0) is 16.3. The first-order chi connectivity index (χ1) is 10.5. The first-order valence-corrected chi connectivity index (χ1v) is 6.94. The molecule has 1 aromatic rings. The van der Waals surface area contributed by atoms with E-state index >= 15 is 0 Å². The van der Waals surface area contributed by atoms with E-state index in [1.807, 2.05) is 18.2 Å². The van der Waals surface area contributed by atoms with Crippen LogP contribution in [0.3, 0.4) is 0 Å². The van der Waals surface area contributed by atoms with E-state index in [1.165, 1.54) is 0 Å². The molecule has 1 aliphatic heterocycles. The van der Waals surface area contributed by atoms with Crippen molar-refractivity contribution < 1.29 is 4.79 Å². The molecule has 7 heteroatoms. The summed E-state index contributed by atoms with van der Waals surface area (Å²) < 4.78 is 0. The van der Waals surface area contributed by atoms with Gasteiger partial charge in [0.1, 0.15) is 5.92 Å². The molecule has 0 unspecified atom stereocenters. The first-order valence-electron chi connectivity index (χ1n) is 6.54. The minimum absolute atomic E-state index is 0.149. The fraction of sp³-hybridized carbons (Fsp3) is 0.267. The molecule has 1 aliphatic rings. The van der Waals surface area contributed by atoms with Crippen molar-refractivity contribution in [1.29, 1.82) is 10.5 Å². The summed E-state index contributed by atoms with van der Waals surface area (Å²) in [6.45, 7) is 1.67. The van der Waals surface area contributed by atoms with Crippen LogP contribution in [0.1, 0.15) is 18.4 Å². The highest BCUT2D eigenvalue weighted by Gasteiger charge is 2.44. The largest absolute Gasteiger partial charge is 0.374 e. The maximum absolute atomic E-state index is 12.5. The Hall–Kier alpha value is -2.77. The highest BCUT2D eigenvalue weighted by atomic mass is 32.1. The van der Waals surface area contributed by atoms with Gasteiger partial charge in [-0.1, -0.05) is 30.3 Å². The number of nitrogens with two attached hydrogens (primary N) is 1. The lowest BCUT2D eigenvalue weighted by molar-refractivity contribution is -0.128. The summed E-state index contributed by atoms with van der Waals surface area (Å²) in [7, 11) is 0. The number of benzene rings is 1. The summed E-state index contributed by atoms with van der Waals surface area (Å²) in [6.07, 6.45) is 0. The minimum Gasteiger partial charge on any atom is -0.374 e. The van der Waals surface area contributed by atoms with Gasteiger partial charge in [0.05, 0.1) is 18.1 Å². The summed E-state index contributed by atoms with van der Waals surface area (Å²) >= 11 is 4.81. The number of carbonyl (C=O) groups is 1. The summed E-state index contributed by atoms with van der Waals surface area (Å²) in [5, 5.41) is 23.4. The van der Waals surface area contributed by atoms with Crippen LogP contribution in [0.4, 0.5) is 0 Å². The zero-order valence-electron chi connectivity index (χ0n) is 11.8. The Labute approximate surface area is 133 Å². The van der Waals surface area contributed by atoms with Crippen molar-refractivity contribution in [3.8, 4) is 12.1 Å². The molecule has 22 heavy (non-hydrogen) atoms.